The van der Waals surface area contributed by atoms with Crippen molar-refractivity contribution in [3.63, 3.8) is 0 Å². The first-order valence-corrected chi connectivity index (χ1v) is 7.50. The number of hydrogen-bond donors (Lipinski definition) is 2. The van der Waals surface area contributed by atoms with Crippen LogP contribution in [0.15, 0.2) is 17.5 Å². The number of carbonyl (C=O) groups is 1. The first-order chi connectivity index (χ1) is 8.63. The minimum atomic E-state index is 0.145. The van der Waals surface area contributed by atoms with E-state index in [4.69, 9.17) is 5.73 Å². The van der Waals surface area contributed by atoms with Gasteiger partial charge in [-0.15, -0.1) is 11.3 Å². The Labute approximate surface area is 114 Å². The summed E-state index contributed by atoms with van der Waals surface area (Å²) in [5, 5.41) is 4.99. The maximum Gasteiger partial charge on any atom is 0.220 e. The highest BCUT2D eigenvalue weighted by Gasteiger charge is 2.14. The van der Waals surface area contributed by atoms with Gasteiger partial charge in [-0.1, -0.05) is 19.9 Å². The lowest BCUT2D eigenvalue weighted by Crippen LogP contribution is -2.24. The van der Waals surface area contributed by atoms with Gasteiger partial charge in [-0.25, -0.2) is 0 Å². The highest BCUT2D eigenvalue weighted by atomic mass is 32.1. The molecule has 0 aliphatic heterocycles. The average molecular weight is 268 g/mol. The Morgan fingerprint density at radius 3 is 2.78 bits per heavy atom. The zero-order chi connectivity index (χ0) is 13.4. The lowest BCUT2D eigenvalue weighted by atomic mass is 9.88. The quantitative estimate of drug-likeness (QED) is 0.761. The van der Waals surface area contributed by atoms with Crippen molar-refractivity contribution in [2.75, 3.05) is 6.54 Å². The van der Waals surface area contributed by atoms with Crippen molar-refractivity contribution in [2.45, 2.75) is 39.7 Å². The third-order valence-corrected chi connectivity index (χ3v) is 4.14. The van der Waals surface area contributed by atoms with Crippen LogP contribution >= 0.6 is 11.3 Å². The van der Waals surface area contributed by atoms with Gasteiger partial charge in [-0.05, 0) is 42.7 Å². The molecule has 0 aliphatic rings. The predicted octanol–water partition coefficient (Wildman–Crippen LogP) is 2.77. The highest BCUT2D eigenvalue weighted by Crippen LogP contribution is 2.20. The van der Waals surface area contributed by atoms with Gasteiger partial charge in [0.15, 0.2) is 0 Å². The van der Waals surface area contributed by atoms with Crippen LogP contribution < -0.4 is 11.1 Å². The van der Waals surface area contributed by atoms with E-state index in [0.717, 1.165) is 12.8 Å². The Morgan fingerprint density at radius 1 is 1.44 bits per heavy atom. The molecule has 0 radical (unpaired) electrons. The summed E-state index contributed by atoms with van der Waals surface area (Å²) in [5.41, 5.74) is 5.60. The van der Waals surface area contributed by atoms with Gasteiger partial charge in [0.2, 0.25) is 5.91 Å². The van der Waals surface area contributed by atoms with Gasteiger partial charge in [0.25, 0.3) is 0 Å². The number of nitrogens with one attached hydrogen (secondary N) is 1. The fourth-order valence-electron chi connectivity index (χ4n) is 2.03. The van der Waals surface area contributed by atoms with E-state index in [-0.39, 0.29) is 5.91 Å². The fraction of sp³-hybridized carbons (Fsp3) is 0.643. The number of rotatable bonds is 8. The second-order valence-corrected chi connectivity index (χ2v) is 6.01. The largest absolute Gasteiger partial charge is 0.351 e. The van der Waals surface area contributed by atoms with Gasteiger partial charge in [0, 0.05) is 11.3 Å². The maximum atomic E-state index is 11.7. The SMILES string of the molecule is CC(C)C(CCN)CCC(=O)NCc1cccs1. The fourth-order valence-corrected chi connectivity index (χ4v) is 2.67. The number of hydrogen-bond acceptors (Lipinski definition) is 3. The second kappa shape index (κ2) is 8.27. The van der Waals surface area contributed by atoms with Crippen LogP contribution in [0.4, 0.5) is 0 Å². The zero-order valence-corrected chi connectivity index (χ0v) is 12.1. The summed E-state index contributed by atoms with van der Waals surface area (Å²) in [6.45, 7) is 5.76. The molecule has 0 aromatic carbocycles. The van der Waals surface area contributed by atoms with Crippen molar-refractivity contribution in [3.8, 4) is 0 Å². The molecule has 3 N–H and O–H groups in total. The minimum Gasteiger partial charge on any atom is -0.351 e. The Kier molecular flexibility index (Phi) is 6.98. The summed E-state index contributed by atoms with van der Waals surface area (Å²) in [7, 11) is 0. The van der Waals surface area contributed by atoms with Crippen molar-refractivity contribution in [3.05, 3.63) is 22.4 Å². The van der Waals surface area contributed by atoms with E-state index in [2.05, 4.69) is 19.2 Å². The molecular formula is C14H24N2OS. The molecule has 1 aromatic rings. The summed E-state index contributed by atoms with van der Waals surface area (Å²) < 4.78 is 0. The van der Waals surface area contributed by atoms with Gasteiger partial charge in [0.05, 0.1) is 6.54 Å². The van der Waals surface area contributed by atoms with Crippen molar-refractivity contribution in [1.29, 1.82) is 0 Å². The normalized spacial score (nSPS) is 12.7. The Balaban J connectivity index is 2.23. The van der Waals surface area contributed by atoms with Gasteiger partial charge >= 0.3 is 0 Å². The van der Waals surface area contributed by atoms with E-state index >= 15 is 0 Å². The Bertz CT molecular complexity index is 336. The number of nitrogens with two attached hydrogens (primary N) is 1. The molecule has 0 fully saturated rings. The number of thiophene rings is 1. The molecule has 1 atom stereocenters. The van der Waals surface area contributed by atoms with E-state index in [0.29, 0.717) is 31.3 Å². The number of carbonyl (C=O) groups excluding carboxylic acids is 1. The first kappa shape index (κ1) is 15.2. The molecule has 0 saturated carbocycles. The molecule has 4 heteroatoms. The van der Waals surface area contributed by atoms with Crippen molar-refractivity contribution in [1.82, 2.24) is 5.32 Å². The predicted molar refractivity (Wildman–Crippen MR) is 77.4 cm³/mol. The lowest BCUT2D eigenvalue weighted by molar-refractivity contribution is -0.121. The second-order valence-electron chi connectivity index (χ2n) is 4.98. The van der Waals surface area contributed by atoms with Crippen LogP contribution in [-0.4, -0.2) is 12.5 Å². The van der Waals surface area contributed by atoms with Crippen molar-refractivity contribution < 1.29 is 4.79 Å². The van der Waals surface area contributed by atoms with Crippen LogP contribution in [0, 0.1) is 11.8 Å². The van der Waals surface area contributed by atoms with Crippen LogP contribution in [0.2, 0.25) is 0 Å². The van der Waals surface area contributed by atoms with E-state index in [1.807, 2.05) is 17.5 Å². The molecule has 102 valence electrons. The summed E-state index contributed by atoms with van der Waals surface area (Å²) in [5.74, 6) is 1.30. The summed E-state index contributed by atoms with van der Waals surface area (Å²) in [6, 6.07) is 4.04. The third-order valence-electron chi connectivity index (χ3n) is 3.26. The van der Waals surface area contributed by atoms with Crippen LogP contribution in [0.3, 0.4) is 0 Å². The molecule has 0 aliphatic carbocycles. The summed E-state index contributed by atoms with van der Waals surface area (Å²) in [6.07, 6.45) is 2.55. The van der Waals surface area contributed by atoms with Gasteiger partial charge < -0.3 is 11.1 Å². The van der Waals surface area contributed by atoms with Crippen LogP contribution in [0.1, 0.15) is 38.0 Å². The monoisotopic (exact) mass is 268 g/mol. The Hall–Kier alpha value is -0.870. The highest BCUT2D eigenvalue weighted by molar-refractivity contribution is 7.09. The standard InChI is InChI=1S/C14H24N2OS/c1-11(2)12(7-8-15)5-6-14(17)16-10-13-4-3-9-18-13/h3-4,9,11-12H,5-8,10,15H2,1-2H3,(H,16,17). The van der Waals surface area contributed by atoms with Crippen LogP contribution in [0.25, 0.3) is 0 Å². The topological polar surface area (TPSA) is 55.1 Å². The summed E-state index contributed by atoms with van der Waals surface area (Å²) >= 11 is 1.67. The molecule has 1 aromatic heterocycles. The van der Waals surface area contributed by atoms with Crippen LogP contribution in [0.5, 0.6) is 0 Å². The van der Waals surface area contributed by atoms with Crippen molar-refractivity contribution in [2.24, 2.45) is 17.6 Å². The molecule has 1 heterocycles. The van der Waals surface area contributed by atoms with Gasteiger partial charge in [0.1, 0.15) is 0 Å². The molecule has 1 rings (SSSR count). The van der Waals surface area contributed by atoms with E-state index < -0.39 is 0 Å². The lowest BCUT2D eigenvalue weighted by Gasteiger charge is -2.19. The first-order valence-electron chi connectivity index (χ1n) is 6.62. The number of amides is 1. The van der Waals surface area contributed by atoms with E-state index in [1.165, 1.54) is 4.88 Å². The summed E-state index contributed by atoms with van der Waals surface area (Å²) in [4.78, 5) is 12.9. The molecule has 18 heavy (non-hydrogen) atoms. The molecular weight excluding hydrogens is 244 g/mol. The van der Waals surface area contributed by atoms with Crippen LogP contribution in [-0.2, 0) is 11.3 Å². The Morgan fingerprint density at radius 2 is 2.22 bits per heavy atom. The van der Waals surface area contributed by atoms with Crippen molar-refractivity contribution >= 4 is 17.2 Å². The average Bonchev–Trinajstić information content (AvgIpc) is 2.84. The smallest absolute Gasteiger partial charge is 0.220 e. The third kappa shape index (κ3) is 5.65. The molecule has 1 unspecified atom stereocenters. The molecule has 0 saturated heterocycles. The van der Waals surface area contributed by atoms with Gasteiger partial charge in [-0.2, -0.15) is 0 Å². The molecule has 1 amide bonds. The molecule has 0 bridgehead atoms. The molecule has 0 spiro atoms. The molecule has 3 nitrogen and oxygen atoms in total. The van der Waals surface area contributed by atoms with E-state index in [9.17, 15) is 4.79 Å². The van der Waals surface area contributed by atoms with Gasteiger partial charge in [-0.3, -0.25) is 4.79 Å². The minimum absolute atomic E-state index is 0.145. The van der Waals surface area contributed by atoms with E-state index in [1.54, 1.807) is 11.3 Å². The maximum absolute atomic E-state index is 11.7. The zero-order valence-electron chi connectivity index (χ0n) is 11.3.